The number of halogens is 1. The van der Waals surface area contributed by atoms with Crippen molar-refractivity contribution in [3.63, 3.8) is 0 Å². The molecule has 2 atom stereocenters. The lowest BCUT2D eigenvalue weighted by Crippen LogP contribution is -2.53. The Kier molecular flexibility index (Phi) is 7.69. The molecule has 2 aliphatic heterocycles. The molecule has 7 heteroatoms. The standard InChI is InChI=1S/C13H23N3O2S.ClH/c1-14-13(18)11-4-2-3-6-16(11)12(17)8-10-9-19-7-5-15-10;/h10-11,15H,2-9H2,1H3,(H,14,18);1H. The van der Waals surface area contributed by atoms with E-state index in [4.69, 9.17) is 0 Å². The first-order valence-corrected chi connectivity index (χ1v) is 8.20. The van der Waals surface area contributed by atoms with Crippen molar-refractivity contribution >= 4 is 36.0 Å². The van der Waals surface area contributed by atoms with Crippen molar-refractivity contribution in [1.29, 1.82) is 0 Å². The zero-order valence-electron chi connectivity index (χ0n) is 11.9. The van der Waals surface area contributed by atoms with E-state index in [0.29, 0.717) is 6.42 Å². The van der Waals surface area contributed by atoms with E-state index in [0.717, 1.165) is 43.9 Å². The first-order chi connectivity index (χ1) is 9.22. The van der Waals surface area contributed by atoms with Gasteiger partial charge in [0.25, 0.3) is 0 Å². The summed E-state index contributed by atoms with van der Waals surface area (Å²) < 4.78 is 0. The van der Waals surface area contributed by atoms with Crippen LogP contribution in [0.25, 0.3) is 0 Å². The van der Waals surface area contributed by atoms with Crippen molar-refractivity contribution in [2.24, 2.45) is 0 Å². The van der Waals surface area contributed by atoms with Crippen LogP contribution in [0.3, 0.4) is 0 Å². The van der Waals surface area contributed by atoms with Crippen LogP contribution < -0.4 is 10.6 Å². The summed E-state index contributed by atoms with van der Waals surface area (Å²) >= 11 is 1.89. The summed E-state index contributed by atoms with van der Waals surface area (Å²) in [6.07, 6.45) is 3.34. The van der Waals surface area contributed by atoms with Gasteiger partial charge in [-0.3, -0.25) is 9.59 Å². The lowest BCUT2D eigenvalue weighted by atomic mass is 10.0. The predicted octanol–water partition coefficient (Wildman–Crippen LogP) is 0.630. The Balaban J connectivity index is 0.00000200. The van der Waals surface area contributed by atoms with E-state index in [1.165, 1.54) is 0 Å². The van der Waals surface area contributed by atoms with E-state index in [9.17, 15) is 9.59 Å². The summed E-state index contributed by atoms with van der Waals surface area (Å²) in [5, 5.41) is 6.05. The van der Waals surface area contributed by atoms with Gasteiger partial charge in [0.1, 0.15) is 6.04 Å². The van der Waals surface area contributed by atoms with Crippen molar-refractivity contribution in [3.05, 3.63) is 0 Å². The second kappa shape index (κ2) is 8.74. The molecule has 2 N–H and O–H groups in total. The van der Waals surface area contributed by atoms with Gasteiger partial charge in [-0.15, -0.1) is 12.4 Å². The highest BCUT2D eigenvalue weighted by atomic mass is 35.5. The molecule has 0 spiro atoms. The van der Waals surface area contributed by atoms with Crippen molar-refractivity contribution in [2.75, 3.05) is 31.6 Å². The number of hydrogen-bond donors (Lipinski definition) is 2. The molecule has 0 aliphatic carbocycles. The molecule has 5 nitrogen and oxygen atoms in total. The van der Waals surface area contributed by atoms with Crippen LogP contribution in [0.15, 0.2) is 0 Å². The summed E-state index contributed by atoms with van der Waals surface area (Å²) in [4.78, 5) is 26.0. The van der Waals surface area contributed by atoms with Crippen LogP contribution in [0.5, 0.6) is 0 Å². The second-order valence-electron chi connectivity index (χ2n) is 5.14. The first-order valence-electron chi connectivity index (χ1n) is 7.04. The molecule has 2 saturated heterocycles. The van der Waals surface area contributed by atoms with Gasteiger partial charge >= 0.3 is 0 Å². The minimum Gasteiger partial charge on any atom is -0.357 e. The summed E-state index contributed by atoms with van der Waals surface area (Å²) in [5.41, 5.74) is 0. The Morgan fingerprint density at radius 1 is 1.40 bits per heavy atom. The molecule has 2 aliphatic rings. The number of likely N-dealkylation sites (N-methyl/N-ethyl adjacent to an activating group) is 1. The molecule has 0 radical (unpaired) electrons. The minimum atomic E-state index is -0.262. The first kappa shape index (κ1) is 17.6. The second-order valence-corrected chi connectivity index (χ2v) is 6.29. The van der Waals surface area contributed by atoms with Crippen LogP contribution in [0, 0.1) is 0 Å². The number of nitrogens with one attached hydrogen (secondary N) is 2. The monoisotopic (exact) mass is 321 g/mol. The number of amides is 2. The van der Waals surface area contributed by atoms with Crippen molar-refractivity contribution in [1.82, 2.24) is 15.5 Å². The summed E-state index contributed by atoms with van der Waals surface area (Å²) in [7, 11) is 1.64. The SMILES string of the molecule is CNC(=O)C1CCCCN1C(=O)CC1CSCCN1.Cl. The molecule has 2 heterocycles. The molecule has 0 aromatic heterocycles. The summed E-state index contributed by atoms with van der Waals surface area (Å²) in [6.45, 7) is 1.69. The molecule has 2 amide bonds. The fraction of sp³-hybridized carbons (Fsp3) is 0.846. The van der Waals surface area contributed by atoms with Crippen LogP contribution in [-0.4, -0.2) is 60.4 Å². The Labute approximate surface area is 131 Å². The van der Waals surface area contributed by atoms with Gasteiger partial charge < -0.3 is 15.5 Å². The van der Waals surface area contributed by atoms with E-state index in [1.54, 1.807) is 11.9 Å². The van der Waals surface area contributed by atoms with Gasteiger partial charge in [0, 0.05) is 44.1 Å². The normalized spacial score (nSPS) is 26.6. The number of rotatable bonds is 3. The fourth-order valence-electron chi connectivity index (χ4n) is 2.75. The Morgan fingerprint density at radius 3 is 2.85 bits per heavy atom. The number of thioether (sulfide) groups is 1. The van der Waals surface area contributed by atoms with Crippen LogP contribution in [-0.2, 0) is 9.59 Å². The summed E-state index contributed by atoms with van der Waals surface area (Å²) in [6, 6.07) is 0.000933. The highest BCUT2D eigenvalue weighted by molar-refractivity contribution is 7.99. The topological polar surface area (TPSA) is 61.4 Å². The summed E-state index contributed by atoms with van der Waals surface area (Å²) in [5.74, 6) is 2.20. The molecule has 0 aromatic carbocycles. The molecular weight excluding hydrogens is 298 g/mol. The van der Waals surface area contributed by atoms with E-state index >= 15 is 0 Å². The minimum absolute atomic E-state index is 0. The van der Waals surface area contributed by atoms with E-state index in [1.807, 2.05) is 11.8 Å². The highest BCUT2D eigenvalue weighted by Crippen LogP contribution is 2.20. The van der Waals surface area contributed by atoms with Gasteiger partial charge in [0.05, 0.1) is 0 Å². The largest absolute Gasteiger partial charge is 0.357 e. The third kappa shape index (κ3) is 4.53. The highest BCUT2D eigenvalue weighted by Gasteiger charge is 2.32. The van der Waals surface area contributed by atoms with Crippen LogP contribution in [0.2, 0.25) is 0 Å². The van der Waals surface area contributed by atoms with Crippen LogP contribution >= 0.6 is 24.2 Å². The van der Waals surface area contributed by atoms with Gasteiger partial charge in [-0.25, -0.2) is 0 Å². The smallest absolute Gasteiger partial charge is 0.242 e. The number of likely N-dealkylation sites (tertiary alicyclic amines) is 1. The lowest BCUT2D eigenvalue weighted by molar-refractivity contribution is -0.142. The average Bonchev–Trinajstić information content (AvgIpc) is 2.47. The van der Waals surface area contributed by atoms with Gasteiger partial charge in [-0.05, 0) is 19.3 Å². The number of carbonyl (C=O) groups is 2. The van der Waals surface area contributed by atoms with Gasteiger partial charge in [-0.2, -0.15) is 11.8 Å². The van der Waals surface area contributed by atoms with Crippen LogP contribution in [0.1, 0.15) is 25.7 Å². The Morgan fingerprint density at radius 2 is 2.20 bits per heavy atom. The maximum absolute atomic E-state index is 12.4. The molecular formula is C13H24ClN3O2S. The van der Waals surface area contributed by atoms with Crippen molar-refractivity contribution < 1.29 is 9.59 Å². The van der Waals surface area contributed by atoms with Crippen molar-refractivity contribution in [2.45, 2.75) is 37.8 Å². The third-order valence-electron chi connectivity index (χ3n) is 3.79. The molecule has 0 bridgehead atoms. The van der Waals surface area contributed by atoms with Gasteiger partial charge in [0.2, 0.25) is 11.8 Å². The predicted molar refractivity (Wildman–Crippen MR) is 84.4 cm³/mol. The zero-order valence-corrected chi connectivity index (χ0v) is 13.5. The molecule has 0 aromatic rings. The molecule has 116 valence electrons. The average molecular weight is 322 g/mol. The zero-order chi connectivity index (χ0) is 13.7. The molecule has 0 saturated carbocycles. The van der Waals surface area contributed by atoms with Gasteiger partial charge in [0.15, 0.2) is 0 Å². The fourth-order valence-corrected chi connectivity index (χ4v) is 3.70. The quantitative estimate of drug-likeness (QED) is 0.800. The number of nitrogens with zero attached hydrogens (tertiary/aromatic N) is 1. The number of hydrogen-bond acceptors (Lipinski definition) is 4. The van der Waals surface area contributed by atoms with Crippen molar-refractivity contribution in [3.8, 4) is 0 Å². The molecule has 2 fully saturated rings. The third-order valence-corrected chi connectivity index (χ3v) is 4.92. The Hall–Kier alpha value is -0.460. The van der Waals surface area contributed by atoms with E-state index in [-0.39, 0.29) is 36.3 Å². The molecule has 2 rings (SSSR count). The molecule has 20 heavy (non-hydrogen) atoms. The van der Waals surface area contributed by atoms with E-state index < -0.39 is 0 Å². The molecule has 2 unspecified atom stereocenters. The maximum atomic E-state index is 12.4. The maximum Gasteiger partial charge on any atom is 0.242 e. The Bertz CT molecular complexity index is 338. The van der Waals surface area contributed by atoms with Crippen LogP contribution in [0.4, 0.5) is 0 Å². The van der Waals surface area contributed by atoms with E-state index in [2.05, 4.69) is 10.6 Å². The van der Waals surface area contributed by atoms with Gasteiger partial charge in [-0.1, -0.05) is 0 Å². The number of carbonyl (C=O) groups excluding carboxylic acids is 2. The lowest BCUT2D eigenvalue weighted by Gasteiger charge is -2.35. The number of piperidine rings is 1.